The van der Waals surface area contributed by atoms with E-state index in [0.29, 0.717) is 17.2 Å². The molecule has 1 aliphatic rings. The summed E-state index contributed by atoms with van der Waals surface area (Å²) in [6.45, 7) is 4.21. The number of rotatable bonds is 5. The highest BCUT2D eigenvalue weighted by atomic mass is 32.1. The molecule has 1 fully saturated rings. The van der Waals surface area contributed by atoms with Gasteiger partial charge in [-0.05, 0) is 25.8 Å². The zero-order valence-corrected chi connectivity index (χ0v) is 11.4. The number of nitrogen functional groups attached to an aromatic ring is 1. The molecule has 96 valence electrons. The van der Waals surface area contributed by atoms with Crippen molar-refractivity contribution in [3.8, 4) is 0 Å². The third-order valence-electron chi connectivity index (χ3n) is 3.44. The van der Waals surface area contributed by atoms with Crippen LogP contribution in [0, 0.1) is 0 Å². The minimum Gasteiger partial charge on any atom is -0.383 e. The largest absolute Gasteiger partial charge is 0.383 e. The summed E-state index contributed by atoms with van der Waals surface area (Å²) in [6.07, 6.45) is 5.52. The lowest BCUT2D eigenvalue weighted by molar-refractivity contribution is 0.0880. The lowest BCUT2D eigenvalue weighted by Gasteiger charge is -2.31. The van der Waals surface area contributed by atoms with Gasteiger partial charge in [0.15, 0.2) is 5.13 Å². The zero-order chi connectivity index (χ0) is 12.3. The van der Waals surface area contributed by atoms with E-state index in [2.05, 4.69) is 16.8 Å². The van der Waals surface area contributed by atoms with Crippen LogP contribution in [-0.2, 0) is 4.74 Å². The molecule has 0 aromatic carbocycles. The summed E-state index contributed by atoms with van der Waals surface area (Å²) >= 11 is 1.61. The number of likely N-dealkylation sites (tertiary alicyclic amines) is 1. The second-order valence-corrected chi connectivity index (χ2v) is 5.61. The molecule has 2 atom stereocenters. The van der Waals surface area contributed by atoms with E-state index < -0.39 is 0 Å². The van der Waals surface area contributed by atoms with Gasteiger partial charge in [-0.25, -0.2) is 4.98 Å². The van der Waals surface area contributed by atoms with E-state index in [4.69, 9.17) is 10.5 Å². The van der Waals surface area contributed by atoms with E-state index in [0.717, 1.165) is 19.6 Å². The van der Waals surface area contributed by atoms with Crippen LogP contribution >= 0.6 is 11.3 Å². The van der Waals surface area contributed by atoms with Crippen molar-refractivity contribution < 1.29 is 4.74 Å². The van der Waals surface area contributed by atoms with Crippen molar-refractivity contribution in [2.75, 3.05) is 26.0 Å². The van der Waals surface area contributed by atoms with Gasteiger partial charge < -0.3 is 10.5 Å². The number of ether oxygens (including phenoxy) is 1. The summed E-state index contributed by atoms with van der Waals surface area (Å²) < 4.78 is 5.31. The second-order valence-electron chi connectivity index (χ2n) is 4.51. The molecule has 1 aliphatic heterocycles. The van der Waals surface area contributed by atoms with Gasteiger partial charge in [0.05, 0.1) is 6.61 Å². The van der Waals surface area contributed by atoms with Crippen molar-refractivity contribution >= 4 is 16.5 Å². The predicted octanol–water partition coefficient (Wildman–Crippen LogP) is 2.29. The number of nitrogens with two attached hydrogens (primary N) is 1. The first-order valence-electron chi connectivity index (χ1n) is 6.22. The number of nitrogens with zero attached hydrogens (tertiary/aromatic N) is 2. The van der Waals surface area contributed by atoms with Crippen LogP contribution in [0.2, 0.25) is 0 Å². The Morgan fingerprint density at radius 1 is 1.71 bits per heavy atom. The molecular weight excluding hydrogens is 234 g/mol. The first-order valence-corrected chi connectivity index (χ1v) is 7.03. The number of aromatic nitrogens is 1. The van der Waals surface area contributed by atoms with Gasteiger partial charge in [0.1, 0.15) is 0 Å². The molecule has 5 heteroatoms. The number of anilines is 1. The van der Waals surface area contributed by atoms with E-state index in [1.807, 2.05) is 6.20 Å². The molecule has 0 bridgehead atoms. The smallest absolute Gasteiger partial charge is 0.180 e. The fourth-order valence-corrected chi connectivity index (χ4v) is 3.58. The van der Waals surface area contributed by atoms with Crippen LogP contribution in [0.15, 0.2) is 6.20 Å². The minimum absolute atomic E-state index is 0.451. The maximum absolute atomic E-state index is 5.73. The maximum atomic E-state index is 5.73. The monoisotopic (exact) mass is 255 g/mol. The van der Waals surface area contributed by atoms with E-state index >= 15 is 0 Å². The first kappa shape index (κ1) is 12.8. The van der Waals surface area contributed by atoms with Crippen LogP contribution in [0.4, 0.5) is 5.13 Å². The van der Waals surface area contributed by atoms with Gasteiger partial charge in [0.25, 0.3) is 0 Å². The highest BCUT2D eigenvalue weighted by Gasteiger charge is 2.31. The molecule has 2 heterocycles. The lowest BCUT2D eigenvalue weighted by atomic mass is 10.1. The highest BCUT2D eigenvalue weighted by molar-refractivity contribution is 7.15. The van der Waals surface area contributed by atoms with Gasteiger partial charge in [0.2, 0.25) is 0 Å². The van der Waals surface area contributed by atoms with E-state index in [9.17, 15) is 0 Å². The molecule has 0 aliphatic carbocycles. The fraction of sp³-hybridized carbons (Fsp3) is 0.750. The minimum atomic E-state index is 0.451. The zero-order valence-electron chi connectivity index (χ0n) is 10.6. The van der Waals surface area contributed by atoms with Crippen LogP contribution in [0.1, 0.15) is 37.1 Å². The number of hydrogen-bond acceptors (Lipinski definition) is 5. The van der Waals surface area contributed by atoms with Crippen molar-refractivity contribution in [3.05, 3.63) is 11.1 Å². The third-order valence-corrected chi connectivity index (χ3v) is 4.37. The Labute approximate surface area is 107 Å². The highest BCUT2D eigenvalue weighted by Crippen LogP contribution is 2.35. The van der Waals surface area contributed by atoms with Crippen LogP contribution in [0.5, 0.6) is 0 Å². The van der Waals surface area contributed by atoms with Crippen molar-refractivity contribution in [1.82, 2.24) is 9.88 Å². The van der Waals surface area contributed by atoms with Crippen molar-refractivity contribution in [2.24, 2.45) is 0 Å². The van der Waals surface area contributed by atoms with Gasteiger partial charge in [-0.2, -0.15) is 0 Å². The van der Waals surface area contributed by atoms with Crippen molar-refractivity contribution in [3.63, 3.8) is 0 Å². The van der Waals surface area contributed by atoms with Gasteiger partial charge in [-0.15, -0.1) is 11.3 Å². The second kappa shape index (κ2) is 5.80. The van der Waals surface area contributed by atoms with Gasteiger partial charge >= 0.3 is 0 Å². The molecule has 0 spiro atoms. The van der Waals surface area contributed by atoms with Crippen molar-refractivity contribution in [1.29, 1.82) is 0 Å². The Morgan fingerprint density at radius 2 is 2.53 bits per heavy atom. The molecular formula is C12H21N3OS. The van der Waals surface area contributed by atoms with Crippen LogP contribution in [-0.4, -0.2) is 36.2 Å². The number of methoxy groups -OCH3 is 1. The Bertz CT molecular complexity index is 355. The molecule has 1 unspecified atom stereocenters. The summed E-state index contributed by atoms with van der Waals surface area (Å²) in [5.41, 5.74) is 5.73. The van der Waals surface area contributed by atoms with Gasteiger partial charge in [-0.1, -0.05) is 6.92 Å². The molecule has 0 radical (unpaired) electrons. The van der Waals surface area contributed by atoms with Crippen LogP contribution in [0.3, 0.4) is 0 Å². The Morgan fingerprint density at radius 3 is 3.12 bits per heavy atom. The summed E-state index contributed by atoms with van der Waals surface area (Å²) in [7, 11) is 1.78. The van der Waals surface area contributed by atoms with E-state index in [1.54, 1.807) is 18.4 Å². The Balaban J connectivity index is 2.12. The Hall–Kier alpha value is -0.650. The van der Waals surface area contributed by atoms with Crippen molar-refractivity contribution in [2.45, 2.75) is 38.3 Å². The standard InChI is InChI=1S/C12H21N3OS/c1-3-10(11-7-14-12(13)17-11)15-6-4-5-9(15)8-16-2/h7,9-10H,3-6,8H2,1-2H3,(H2,13,14)/t9-,10?/m0/s1. The Kier molecular flexibility index (Phi) is 4.36. The van der Waals surface area contributed by atoms with Crippen LogP contribution in [0.25, 0.3) is 0 Å². The average molecular weight is 255 g/mol. The topological polar surface area (TPSA) is 51.4 Å². The molecule has 1 saturated heterocycles. The van der Waals surface area contributed by atoms with Crippen LogP contribution < -0.4 is 5.73 Å². The number of thiazole rings is 1. The summed E-state index contributed by atoms with van der Waals surface area (Å²) in [5.74, 6) is 0. The maximum Gasteiger partial charge on any atom is 0.180 e. The summed E-state index contributed by atoms with van der Waals surface area (Å²) in [6, 6.07) is 1.00. The molecule has 1 aromatic heterocycles. The molecule has 2 rings (SSSR count). The molecule has 17 heavy (non-hydrogen) atoms. The quantitative estimate of drug-likeness (QED) is 0.877. The summed E-state index contributed by atoms with van der Waals surface area (Å²) in [4.78, 5) is 8.00. The molecule has 2 N–H and O–H groups in total. The van der Waals surface area contributed by atoms with E-state index in [-0.39, 0.29) is 0 Å². The molecule has 0 amide bonds. The molecule has 0 saturated carbocycles. The van der Waals surface area contributed by atoms with E-state index in [1.165, 1.54) is 17.7 Å². The molecule has 1 aromatic rings. The fourth-order valence-electron chi connectivity index (χ4n) is 2.69. The molecule has 4 nitrogen and oxygen atoms in total. The average Bonchev–Trinajstić information content (AvgIpc) is 2.91. The normalized spacial score (nSPS) is 23.1. The number of hydrogen-bond donors (Lipinski definition) is 1. The lowest BCUT2D eigenvalue weighted by Crippen LogP contribution is -2.35. The third kappa shape index (κ3) is 2.78. The SMILES string of the molecule is CCC(c1cnc(N)s1)N1CCC[C@H]1COC. The van der Waals surface area contributed by atoms with Gasteiger partial charge in [-0.3, -0.25) is 4.90 Å². The predicted molar refractivity (Wildman–Crippen MR) is 71.2 cm³/mol. The first-order chi connectivity index (χ1) is 8.26. The summed E-state index contributed by atoms with van der Waals surface area (Å²) in [5, 5.41) is 0.668. The van der Waals surface area contributed by atoms with Gasteiger partial charge in [0, 0.05) is 30.3 Å².